The number of aromatic nitrogens is 1. The van der Waals surface area contributed by atoms with Crippen molar-refractivity contribution in [2.45, 2.75) is 51.4 Å². The predicted octanol–water partition coefficient (Wildman–Crippen LogP) is 2.25. The smallest absolute Gasteiger partial charge is 0.332 e. The van der Waals surface area contributed by atoms with Gasteiger partial charge in [0.1, 0.15) is 18.8 Å². The second-order valence-corrected chi connectivity index (χ2v) is 9.64. The minimum atomic E-state index is -1.37. The molecule has 2 aromatic rings. The van der Waals surface area contributed by atoms with Gasteiger partial charge in [0.25, 0.3) is 5.91 Å². The van der Waals surface area contributed by atoms with E-state index >= 15 is 0 Å². The molecule has 0 aliphatic carbocycles. The Balaban J connectivity index is 1.78. The summed E-state index contributed by atoms with van der Waals surface area (Å²) >= 11 is 0. The molecule has 13 heteroatoms. The summed E-state index contributed by atoms with van der Waals surface area (Å²) in [6.45, 7) is 3.06. The summed E-state index contributed by atoms with van der Waals surface area (Å²) in [4.78, 5) is 55.8. The first kappa shape index (κ1) is 33.3. The Hall–Kier alpha value is -4.23. The molecular formula is C30H38N2O11. The molecule has 1 saturated heterocycles. The molecule has 1 aromatic carbocycles. The molecule has 13 nitrogen and oxygen atoms in total. The third-order valence-electron chi connectivity index (χ3n) is 6.50. The largest absolute Gasteiger partial charge is 0.493 e. The standard InChI is InChI=1S/C30H38N2O11/c1-5-14-39-26-19(2)43-30(36)22(17-40-29(35)21(26)16-20-9-7-6-8-10-20)32-28(34)25-27(23(38-4)11-13-31-25)42-18-41-24(33)12-15-37-3/h6-11,13,19,21-22,26H,5,12,14-18H2,1-4H3,(H,32,34)/t19-,21+,22-,26-/m0/s1. The van der Waals surface area contributed by atoms with E-state index in [1.165, 1.54) is 26.5 Å². The number of cyclic esters (lactones) is 2. The van der Waals surface area contributed by atoms with Crippen LogP contribution in [-0.2, 0) is 44.5 Å². The van der Waals surface area contributed by atoms with Crippen molar-refractivity contribution in [2.75, 3.05) is 40.8 Å². The molecule has 1 aromatic heterocycles. The highest BCUT2D eigenvalue weighted by molar-refractivity contribution is 5.98. The van der Waals surface area contributed by atoms with Crippen molar-refractivity contribution >= 4 is 23.8 Å². The predicted molar refractivity (Wildman–Crippen MR) is 150 cm³/mol. The topological polar surface area (TPSA) is 158 Å². The van der Waals surface area contributed by atoms with E-state index in [9.17, 15) is 19.2 Å². The van der Waals surface area contributed by atoms with Crippen LogP contribution in [0.4, 0.5) is 0 Å². The van der Waals surface area contributed by atoms with E-state index in [2.05, 4.69) is 10.3 Å². The number of ether oxygens (including phenoxy) is 7. The Morgan fingerprint density at radius 1 is 1.07 bits per heavy atom. The van der Waals surface area contributed by atoms with Gasteiger partial charge in [-0.05, 0) is 25.3 Å². The van der Waals surface area contributed by atoms with E-state index < -0.39 is 61.4 Å². The highest BCUT2D eigenvalue weighted by atomic mass is 16.7. The molecule has 0 spiro atoms. The Kier molecular flexibility index (Phi) is 13.2. The monoisotopic (exact) mass is 602 g/mol. The van der Waals surface area contributed by atoms with Crippen LogP contribution in [0.1, 0.15) is 42.7 Å². The van der Waals surface area contributed by atoms with Crippen LogP contribution in [0.2, 0.25) is 0 Å². The van der Waals surface area contributed by atoms with Crippen LogP contribution in [0.5, 0.6) is 11.5 Å². The van der Waals surface area contributed by atoms with Gasteiger partial charge < -0.3 is 38.5 Å². The number of nitrogens with one attached hydrogen (secondary N) is 1. The van der Waals surface area contributed by atoms with Crippen molar-refractivity contribution < 1.29 is 52.3 Å². The zero-order valence-electron chi connectivity index (χ0n) is 24.7. The summed E-state index contributed by atoms with van der Waals surface area (Å²) < 4.78 is 37.9. The molecule has 1 fully saturated rings. The van der Waals surface area contributed by atoms with Crippen LogP contribution in [0.15, 0.2) is 42.6 Å². The van der Waals surface area contributed by atoms with E-state index in [1.54, 1.807) is 6.92 Å². The maximum atomic E-state index is 13.3. The van der Waals surface area contributed by atoms with Crippen LogP contribution >= 0.6 is 0 Å². The fourth-order valence-corrected chi connectivity index (χ4v) is 4.34. The highest BCUT2D eigenvalue weighted by Gasteiger charge is 2.40. The van der Waals surface area contributed by atoms with Gasteiger partial charge in [0, 0.05) is 26.0 Å². The molecule has 43 heavy (non-hydrogen) atoms. The van der Waals surface area contributed by atoms with Crippen LogP contribution in [0.3, 0.4) is 0 Å². The normalized spacial score (nSPS) is 20.5. The zero-order valence-corrected chi connectivity index (χ0v) is 24.7. The van der Waals surface area contributed by atoms with E-state index in [0.717, 1.165) is 5.56 Å². The summed E-state index contributed by atoms with van der Waals surface area (Å²) in [5, 5.41) is 2.51. The van der Waals surface area contributed by atoms with Gasteiger partial charge in [-0.1, -0.05) is 37.3 Å². The molecule has 1 amide bonds. The Bertz CT molecular complexity index is 1220. The molecule has 3 rings (SSSR count). The van der Waals surface area contributed by atoms with Crippen molar-refractivity contribution in [2.24, 2.45) is 5.92 Å². The summed E-state index contributed by atoms with van der Waals surface area (Å²) in [5.74, 6) is -3.59. The minimum absolute atomic E-state index is 0.00879. The fourth-order valence-electron chi connectivity index (χ4n) is 4.34. The number of benzene rings is 1. The lowest BCUT2D eigenvalue weighted by atomic mass is 9.91. The third kappa shape index (κ3) is 9.65. The fraction of sp³-hybridized carbons (Fsp3) is 0.500. The van der Waals surface area contributed by atoms with Gasteiger partial charge in [-0.3, -0.25) is 14.4 Å². The van der Waals surface area contributed by atoms with E-state index in [0.29, 0.717) is 19.4 Å². The first-order valence-corrected chi connectivity index (χ1v) is 13.9. The lowest BCUT2D eigenvalue weighted by Crippen LogP contribution is -2.46. The SMILES string of the molecule is CCCO[C@H]1[C@H](C)OC(=O)[C@@H](NC(=O)c2nccc(OC)c2OCOC(=O)CCOC)COC(=O)[C@@H]1Cc1ccccc1. The lowest BCUT2D eigenvalue weighted by Gasteiger charge is -2.29. The van der Waals surface area contributed by atoms with Crippen LogP contribution in [0.25, 0.3) is 0 Å². The molecule has 234 valence electrons. The number of hydrogen-bond acceptors (Lipinski definition) is 12. The molecule has 2 heterocycles. The molecule has 1 N–H and O–H groups in total. The van der Waals surface area contributed by atoms with Gasteiger partial charge in [-0.25, -0.2) is 9.78 Å². The molecular weight excluding hydrogens is 564 g/mol. The summed E-state index contributed by atoms with van der Waals surface area (Å²) in [5.41, 5.74) is 0.628. The number of amides is 1. The van der Waals surface area contributed by atoms with Crippen molar-refractivity contribution in [3.05, 3.63) is 53.9 Å². The first-order valence-electron chi connectivity index (χ1n) is 13.9. The maximum absolute atomic E-state index is 13.3. The Labute approximate surface area is 250 Å². The highest BCUT2D eigenvalue weighted by Crippen LogP contribution is 2.30. The van der Waals surface area contributed by atoms with Crippen molar-refractivity contribution in [3.8, 4) is 11.5 Å². The Morgan fingerprint density at radius 3 is 2.53 bits per heavy atom. The average molecular weight is 603 g/mol. The van der Waals surface area contributed by atoms with Gasteiger partial charge in [-0.15, -0.1) is 0 Å². The number of pyridine rings is 1. The van der Waals surface area contributed by atoms with Crippen molar-refractivity contribution in [1.82, 2.24) is 10.3 Å². The van der Waals surface area contributed by atoms with E-state index in [1.807, 2.05) is 37.3 Å². The minimum Gasteiger partial charge on any atom is -0.493 e. The zero-order chi connectivity index (χ0) is 31.2. The van der Waals surface area contributed by atoms with E-state index in [-0.39, 0.29) is 30.2 Å². The van der Waals surface area contributed by atoms with Gasteiger partial charge in [0.15, 0.2) is 23.2 Å². The Morgan fingerprint density at radius 2 is 1.84 bits per heavy atom. The average Bonchev–Trinajstić information content (AvgIpc) is 3.04. The first-order chi connectivity index (χ1) is 20.8. The summed E-state index contributed by atoms with van der Waals surface area (Å²) in [7, 11) is 2.81. The van der Waals surface area contributed by atoms with Gasteiger partial charge in [-0.2, -0.15) is 0 Å². The number of carbonyl (C=O) groups excluding carboxylic acids is 4. The number of carbonyl (C=O) groups is 4. The molecule has 0 bridgehead atoms. The summed E-state index contributed by atoms with van der Waals surface area (Å²) in [6, 6.07) is 9.45. The number of methoxy groups -OCH3 is 2. The van der Waals surface area contributed by atoms with Gasteiger partial charge in [0.2, 0.25) is 6.79 Å². The van der Waals surface area contributed by atoms with Crippen LogP contribution < -0.4 is 14.8 Å². The molecule has 4 atom stereocenters. The third-order valence-corrected chi connectivity index (χ3v) is 6.50. The second-order valence-electron chi connectivity index (χ2n) is 9.64. The molecule has 0 radical (unpaired) electrons. The van der Waals surface area contributed by atoms with Gasteiger partial charge in [0.05, 0.1) is 26.1 Å². The number of hydrogen-bond donors (Lipinski definition) is 1. The number of rotatable bonds is 14. The van der Waals surface area contributed by atoms with E-state index in [4.69, 9.17) is 33.2 Å². The van der Waals surface area contributed by atoms with Gasteiger partial charge >= 0.3 is 17.9 Å². The summed E-state index contributed by atoms with van der Waals surface area (Å²) in [6.07, 6.45) is 0.690. The molecule has 1 aliphatic heterocycles. The molecule has 0 unspecified atom stereocenters. The number of esters is 3. The molecule has 0 saturated carbocycles. The van der Waals surface area contributed by atoms with Crippen molar-refractivity contribution in [1.29, 1.82) is 0 Å². The van der Waals surface area contributed by atoms with Crippen LogP contribution in [0, 0.1) is 5.92 Å². The number of nitrogens with zero attached hydrogens (tertiary/aromatic N) is 1. The van der Waals surface area contributed by atoms with Crippen molar-refractivity contribution in [3.63, 3.8) is 0 Å². The quantitative estimate of drug-likeness (QED) is 0.191. The maximum Gasteiger partial charge on any atom is 0.332 e. The van der Waals surface area contributed by atoms with Crippen LogP contribution in [-0.4, -0.2) is 87.9 Å². The molecule has 1 aliphatic rings. The second kappa shape index (κ2) is 17.0. The lowest BCUT2D eigenvalue weighted by molar-refractivity contribution is -0.164.